The number of pyridine rings is 1. The molecular formula is C28H38F3N6O5+. The highest BCUT2D eigenvalue weighted by Crippen LogP contribution is 2.46. The van der Waals surface area contributed by atoms with Crippen LogP contribution >= 0.6 is 0 Å². The summed E-state index contributed by atoms with van der Waals surface area (Å²) in [5, 5.41) is 0. The van der Waals surface area contributed by atoms with Crippen LogP contribution in [-0.2, 0) is 19.2 Å². The summed E-state index contributed by atoms with van der Waals surface area (Å²) in [5.74, 6) is -1.74. The topological polar surface area (TPSA) is 103 Å². The van der Waals surface area contributed by atoms with E-state index in [2.05, 4.69) is 4.90 Å². The third kappa shape index (κ3) is 5.29. The number of halogens is 3. The third-order valence-corrected chi connectivity index (χ3v) is 8.71. The molecule has 6 rings (SSSR count). The van der Waals surface area contributed by atoms with E-state index in [-0.39, 0.29) is 47.9 Å². The van der Waals surface area contributed by atoms with Crippen molar-refractivity contribution in [2.45, 2.75) is 71.6 Å². The van der Waals surface area contributed by atoms with Gasteiger partial charge in [-0.05, 0) is 36.4 Å². The van der Waals surface area contributed by atoms with Crippen LogP contribution in [0.25, 0.3) is 0 Å². The van der Waals surface area contributed by atoms with Gasteiger partial charge in [-0.3, -0.25) is 14.4 Å². The van der Waals surface area contributed by atoms with Crippen LogP contribution in [0.3, 0.4) is 0 Å². The van der Waals surface area contributed by atoms with E-state index in [4.69, 9.17) is 9.82 Å². The van der Waals surface area contributed by atoms with Crippen molar-refractivity contribution in [1.29, 1.82) is 0 Å². The molecule has 5 aliphatic rings. The lowest BCUT2D eigenvalue weighted by molar-refractivity contribution is -0.226. The van der Waals surface area contributed by atoms with Gasteiger partial charge in [0.15, 0.2) is 0 Å². The standard InChI is InChI=1S/C28H38F3N6O5/c1-17(38)34-12-10-18(11-13-34)24(39)36-15-19-6-7-20(36)14-35(19)22-9-8-21-23(32-22)33(5)26(41)37(21,16-27(2,3)4)42-25(40)28(29,30)31/h8-9,18-20H,6-7,10-16H2,1-5H3/q+1. The second kappa shape index (κ2) is 10.4. The summed E-state index contributed by atoms with van der Waals surface area (Å²) in [7, 11) is 1.40. The number of alkyl halides is 3. The molecule has 4 fully saturated rings. The van der Waals surface area contributed by atoms with Crippen LogP contribution in [0.15, 0.2) is 12.1 Å². The van der Waals surface area contributed by atoms with Gasteiger partial charge in [0, 0.05) is 69.6 Å². The maximum absolute atomic E-state index is 13.5. The highest BCUT2D eigenvalue weighted by atomic mass is 19.4. The van der Waals surface area contributed by atoms with Crippen LogP contribution in [0.1, 0.15) is 53.4 Å². The van der Waals surface area contributed by atoms with E-state index in [1.54, 1.807) is 38.7 Å². The minimum Gasteiger partial charge on any atom is -0.350 e. The van der Waals surface area contributed by atoms with Crippen LogP contribution in [0.5, 0.6) is 0 Å². The molecule has 2 bridgehead atoms. The molecule has 6 heterocycles. The maximum Gasteiger partial charge on any atom is 0.497 e. The first-order valence-corrected chi connectivity index (χ1v) is 14.3. The van der Waals surface area contributed by atoms with Crippen molar-refractivity contribution in [3.63, 3.8) is 0 Å². The smallest absolute Gasteiger partial charge is 0.350 e. The van der Waals surface area contributed by atoms with Gasteiger partial charge in [0.05, 0.1) is 0 Å². The Labute approximate surface area is 242 Å². The number of hydroxylamine groups is 2. The van der Waals surface area contributed by atoms with Crippen LogP contribution in [-0.4, -0.2) is 96.6 Å². The number of amides is 4. The van der Waals surface area contributed by atoms with Gasteiger partial charge in [-0.15, -0.1) is 0 Å². The Kier molecular flexibility index (Phi) is 7.43. The molecule has 5 aliphatic heterocycles. The average Bonchev–Trinajstić information content (AvgIpc) is 3.12. The first-order chi connectivity index (χ1) is 19.5. The molecule has 0 saturated carbocycles. The number of piperidine rings is 3. The molecule has 1 aromatic heterocycles. The predicted molar refractivity (Wildman–Crippen MR) is 147 cm³/mol. The molecule has 1 aromatic rings. The lowest BCUT2D eigenvalue weighted by atomic mass is 9.87. The van der Waals surface area contributed by atoms with Gasteiger partial charge in [0.2, 0.25) is 23.3 Å². The average molecular weight is 596 g/mol. The molecule has 4 saturated heterocycles. The van der Waals surface area contributed by atoms with Crippen molar-refractivity contribution in [3.8, 4) is 0 Å². The highest BCUT2D eigenvalue weighted by molar-refractivity contribution is 6.08. The van der Waals surface area contributed by atoms with E-state index in [1.165, 1.54) is 13.1 Å². The fourth-order valence-electron chi connectivity index (χ4n) is 6.75. The molecule has 42 heavy (non-hydrogen) atoms. The van der Waals surface area contributed by atoms with E-state index >= 15 is 0 Å². The lowest BCUT2D eigenvalue weighted by Crippen LogP contribution is -2.65. The van der Waals surface area contributed by atoms with Crippen LogP contribution in [0.4, 0.5) is 35.3 Å². The number of quaternary nitrogens is 1. The summed E-state index contributed by atoms with van der Waals surface area (Å²) in [6.45, 7) is 8.77. The number of piperazine rings is 1. The second-order valence-electron chi connectivity index (χ2n) is 13.0. The number of anilines is 2. The lowest BCUT2D eigenvalue weighted by Gasteiger charge is -2.53. The van der Waals surface area contributed by atoms with E-state index < -0.39 is 28.2 Å². The summed E-state index contributed by atoms with van der Waals surface area (Å²) in [4.78, 5) is 67.3. The van der Waals surface area contributed by atoms with Crippen molar-refractivity contribution in [2.24, 2.45) is 11.3 Å². The van der Waals surface area contributed by atoms with Crippen molar-refractivity contribution in [3.05, 3.63) is 12.1 Å². The number of nitrogens with zero attached hydrogens (tertiary/aromatic N) is 6. The van der Waals surface area contributed by atoms with Crippen molar-refractivity contribution < 1.29 is 37.2 Å². The zero-order valence-electron chi connectivity index (χ0n) is 24.6. The Morgan fingerprint density at radius 1 is 1.02 bits per heavy atom. The monoisotopic (exact) mass is 595 g/mol. The molecule has 14 heteroatoms. The van der Waals surface area contributed by atoms with E-state index in [9.17, 15) is 32.3 Å². The number of carbonyl (C=O) groups is 4. The maximum atomic E-state index is 13.5. The first kappa shape index (κ1) is 30.1. The fourth-order valence-corrected chi connectivity index (χ4v) is 6.75. The van der Waals surface area contributed by atoms with Gasteiger partial charge < -0.3 is 14.7 Å². The van der Waals surface area contributed by atoms with Crippen molar-refractivity contribution in [1.82, 2.24) is 19.4 Å². The van der Waals surface area contributed by atoms with Gasteiger partial charge >= 0.3 is 18.2 Å². The summed E-state index contributed by atoms with van der Waals surface area (Å²) in [6.07, 6.45) is -2.29. The second-order valence-corrected chi connectivity index (χ2v) is 13.0. The molecule has 0 radical (unpaired) electrons. The molecule has 11 nitrogen and oxygen atoms in total. The predicted octanol–water partition coefficient (Wildman–Crippen LogP) is 3.46. The zero-order chi connectivity index (χ0) is 30.8. The Morgan fingerprint density at radius 3 is 2.21 bits per heavy atom. The Bertz CT molecular complexity index is 1290. The SMILES string of the molecule is CC(=O)N1CCC(C(=O)N2CC3CCC2CN3c2ccc3c(n2)N(C)C(=O)[N+]3(CC(C)(C)C)OC(=O)C(F)(F)F)CC1. The van der Waals surface area contributed by atoms with Gasteiger partial charge in [0.1, 0.15) is 12.4 Å². The highest BCUT2D eigenvalue weighted by Gasteiger charge is 2.61. The summed E-state index contributed by atoms with van der Waals surface area (Å²) in [6, 6.07) is 2.29. The van der Waals surface area contributed by atoms with Gasteiger partial charge in [-0.1, -0.05) is 20.8 Å². The van der Waals surface area contributed by atoms with Gasteiger partial charge in [-0.25, -0.2) is 19.5 Å². The Hall–Kier alpha value is -3.42. The molecule has 0 N–H and O–H groups in total. The van der Waals surface area contributed by atoms with E-state index in [0.29, 0.717) is 44.8 Å². The number of carbonyl (C=O) groups excluding carboxylic acids is 4. The third-order valence-electron chi connectivity index (χ3n) is 8.71. The number of likely N-dealkylation sites (tertiary alicyclic amines) is 1. The number of hydrogen-bond donors (Lipinski definition) is 0. The Morgan fingerprint density at radius 2 is 1.67 bits per heavy atom. The summed E-state index contributed by atoms with van der Waals surface area (Å²) in [5.41, 5.74) is -0.623. The quantitative estimate of drug-likeness (QED) is 0.492. The molecule has 0 spiro atoms. The Balaban J connectivity index is 1.38. The largest absolute Gasteiger partial charge is 0.497 e. The molecule has 3 unspecified atom stereocenters. The molecule has 3 atom stereocenters. The van der Waals surface area contributed by atoms with Crippen LogP contribution in [0.2, 0.25) is 0 Å². The fraction of sp³-hybridized carbons (Fsp3) is 0.679. The molecule has 230 valence electrons. The van der Waals surface area contributed by atoms with E-state index in [1.807, 2.05) is 4.90 Å². The first-order valence-electron chi connectivity index (χ1n) is 14.3. The number of aromatic nitrogens is 1. The van der Waals surface area contributed by atoms with E-state index in [0.717, 1.165) is 17.7 Å². The number of hydrogen-bond acceptors (Lipinski definition) is 7. The van der Waals surface area contributed by atoms with Crippen molar-refractivity contribution in [2.75, 3.05) is 49.6 Å². The normalized spacial score (nSPS) is 26.5. The minimum atomic E-state index is -5.28. The minimum absolute atomic E-state index is 0.0129. The van der Waals surface area contributed by atoms with Gasteiger partial charge in [-0.2, -0.15) is 13.2 Å². The number of urea groups is 1. The van der Waals surface area contributed by atoms with Crippen molar-refractivity contribution >= 4 is 41.1 Å². The molecule has 4 amide bonds. The zero-order valence-corrected chi connectivity index (χ0v) is 24.6. The number of fused-ring (bicyclic) bond motifs is 4. The van der Waals surface area contributed by atoms with Gasteiger partial charge in [0.25, 0.3) is 0 Å². The van der Waals surface area contributed by atoms with Crippen LogP contribution in [0, 0.1) is 11.3 Å². The number of rotatable bonds is 4. The van der Waals surface area contributed by atoms with Crippen LogP contribution < -0.4 is 14.4 Å². The molecule has 0 aromatic carbocycles. The molecular weight excluding hydrogens is 557 g/mol. The summed E-state index contributed by atoms with van der Waals surface area (Å²) >= 11 is 0. The summed E-state index contributed by atoms with van der Waals surface area (Å²) < 4.78 is 38.6. The molecule has 0 aliphatic carbocycles.